The number of halogens is 1. The molecule has 0 aliphatic heterocycles. The first-order valence-electron chi connectivity index (χ1n) is 6.59. The number of carbonyl (C=O) groups excluding carboxylic acids is 1. The smallest absolute Gasteiger partial charge is 0.151 e. The van der Waals surface area contributed by atoms with E-state index in [4.69, 9.17) is 0 Å². The van der Waals surface area contributed by atoms with Gasteiger partial charge >= 0.3 is 0 Å². The molecule has 0 aromatic heterocycles. The lowest BCUT2D eigenvalue weighted by molar-refractivity contribution is 0.112. The molecule has 18 heavy (non-hydrogen) atoms. The molecule has 2 atom stereocenters. The molecule has 98 valence electrons. The van der Waals surface area contributed by atoms with Crippen LogP contribution in [0.4, 0.5) is 5.69 Å². The zero-order valence-corrected chi connectivity index (χ0v) is 12.6. The monoisotopic (exact) mass is 309 g/mol. The minimum atomic E-state index is 0.628. The summed E-state index contributed by atoms with van der Waals surface area (Å²) in [5.41, 5.74) is 1.90. The molecule has 3 heteroatoms. The van der Waals surface area contributed by atoms with E-state index in [2.05, 4.69) is 34.8 Å². The van der Waals surface area contributed by atoms with Crippen LogP contribution in [0.3, 0.4) is 0 Å². The highest BCUT2D eigenvalue weighted by Gasteiger charge is 2.22. The molecule has 1 saturated carbocycles. The summed E-state index contributed by atoms with van der Waals surface area (Å²) in [5, 5.41) is 0. The first-order chi connectivity index (χ1) is 8.61. The molecule has 1 aromatic rings. The van der Waals surface area contributed by atoms with E-state index < -0.39 is 0 Å². The van der Waals surface area contributed by atoms with Gasteiger partial charge in [0.25, 0.3) is 0 Å². The molecular weight excluding hydrogens is 290 g/mol. The van der Waals surface area contributed by atoms with Crippen molar-refractivity contribution in [3.63, 3.8) is 0 Å². The number of rotatable bonds is 3. The fourth-order valence-electron chi connectivity index (χ4n) is 2.80. The second-order valence-electron chi connectivity index (χ2n) is 5.36. The minimum absolute atomic E-state index is 0.628. The van der Waals surface area contributed by atoms with Crippen LogP contribution in [0.15, 0.2) is 22.7 Å². The van der Waals surface area contributed by atoms with Crippen LogP contribution in [-0.2, 0) is 0 Å². The predicted molar refractivity (Wildman–Crippen MR) is 79.4 cm³/mol. The Labute approximate surface area is 117 Å². The number of hydrogen-bond acceptors (Lipinski definition) is 2. The molecule has 2 unspecified atom stereocenters. The molecule has 0 heterocycles. The van der Waals surface area contributed by atoms with E-state index in [0.29, 0.717) is 11.6 Å². The number of carbonyl (C=O) groups is 1. The first-order valence-corrected chi connectivity index (χ1v) is 7.38. The summed E-state index contributed by atoms with van der Waals surface area (Å²) in [6.45, 7) is 2.34. The van der Waals surface area contributed by atoms with Gasteiger partial charge in [0.2, 0.25) is 0 Å². The van der Waals surface area contributed by atoms with Crippen molar-refractivity contribution < 1.29 is 4.79 Å². The zero-order chi connectivity index (χ0) is 13.1. The third kappa shape index (κ3) is 2.94. The van der Waals surface area contributed by atoms with Gasteiger partial charge in [-0.15, -0.1) is 0 Å². The van der Waals surface area contributed by atoms with Crippen LogP contribution in [0.25, 0.3) is 0 Å². The molecule has 1 aromatic carbocycles. The lowest BCUT2D eigenvalue weighted by Crippen LogP contribution is -2.35. The van der Waals surface area contributed by atoms with Crippen molar-refractivity contribution >= 4 is 27.9 Å². The third-order valence-electron chi connectivity index (χ3n) is 3.97. The van der Waals surface area contributed by atoms with E-state index in [9.17, 15) is 4.79 Å². The molecule has 1 aliphatic carbocycles. The molecule has 1 fully saturated rings. The maximum Gasteiger partial charge on any atom is 0.151 e. The van der Waals surface area contributed by atoms with Gasteiger partial charge in [-0.25, -0.2) is 0 Å². The minimum Gasteiger partial charge on any atom is -0.372 e. The first kappa shape index (κ1) is 13.6. The van der Waals surface area contributed by atoms with Crippen molar-refractivity contribution in [2.75, 3.05) is 11.9 Å². The van der Waals surface area contributed by atoms with Crippen LogP contribution in [0, 0.1) is 5.92 Å². The number of benzene rings is 1. The molecule has 1 aliphatic rings. The fraction of sp³-hybridized carbons (Fsp3) is 0.533. The Hall–Kier alpha value is -0.830. The quantitative estimate of drug-likeness (QED) is 0.777. The van der Waals surface area contributed by atoms with Crippen LogP contribution < -0.4 is 4.90 Å². The van der Waals surface area contributed by atoms with E-state index >= 15 is 0 Å². The molecule has 2 nitrogen and oxygen atoms in total. The maximum absolute atomic E-state index is 10.8. The molecule has 0 spiro atoms. The Kier molecular flexibility index (Phi) is 4.44. The number of aldehydes is 1. The molecule has 2 rings (SSSR count). The van der Waals surface area contributed by atoms with Gasteiger partial charge in [-0.05, 0) is 52.9 Å². The maximum atomic E-state index is 10.8. The highest BCUT2D eigenvalue weighted by Crippen LogP contribution is 2.31. The second kappa shape index (κ2) is 5.87. The summed E-state index contributed by atoms with van der Waals surface area (Å²) in [4.78, 5) is 13.2. The van der Waals surface area contributed by atoms with Gasteiger partial charge < -0.3 is 4.90 Å². The predicted octanol–water partition coefficient (Wildman–Crippen LogP) is 4.28. The Morgan fingerprint density at radius 3 is 2.78 bits per heavy atom. The Bertz CT molecular complexity index is 433. The van der Waals surface area contributed by atoms with Gasteiger partial charge in [-0.1, -0.05) is 19.8 Å². The summed E-state index contributed by atoms with van der Waals surface area (Å²) in [5.74, 6) is 0.823. The molecule has 0 saturated heterocycles. The Morgan fingerprint density at radius 2 is 2.17 bits per heavy atom. The largest absolute Gasteiger partial charge is 0.372 e. The van der Waals surface area contributed by atoms with Gasteiger partial charge in [0, 0.05) is 28.8 Å². The van der Waals surface area contributed by atoms with Gasteiger partial charge in [0.15, 0.2) is 6.29 Å². The average Bonchev–Trinajstić information content (AvgIpc) is 2.37. The summed E-state index contributed by atoms with van der Waals surface area (Å²) in [6.07, 6.45) is 6.11. The van der Waals surface area contributed by atoms with E-state index in [0.717, 1.165) is 16.7 Å². The van der Waals surface area contributed by atoms with Crippen LogP contribution in [0.2, 0.25) is 0 Å². The van der Waals surface area contributed by atoms with Crippen molar-refractivity contribution in [3.05, 3.63) is 28.2 Å². The molecular formula is C15H20BrNO. The Balaban J connectivity index is 2.15. The lowest BCUT2D eigenvalue weighted by Gasteiger charge is -2.35. The fourth-order valence-corrected chi connectivity index (χ4v) is 3.26. The van der Waals surface area contributed by atoms with Crippen molar-refractivity contribution in [1.29, 1.82) is 0 Å². The highest BCUT2D eigenvalue weighted by molar-refractivity contribution is 9.10. The summed E-state index contributed by atoms with van der Waals surface area (Å²) < 4.78 is 0.880. The third-order valence-corrected chi connectivity index (χ3v) is 4.66. The van der Waals surface area contributed by atoms with Crippen molar-refractivity contribution in [3.8, 4) is 0 Å². The summed E-state index contributed by atoms with van der Waals surface area (Å²) in [7, 11) is 2.16. The Morgan fingerprint density at radius 1 is 1.39 bits per heavy atom. The average molecular weight is 310 g/mol. The summed E-state index contributed by atoms with van der Waals surface area (Å²) >= 11 is 3.45. The van der Waals surface area contributed by atoms with Crippen molar-refractivity contribution in [2.45, 2.75) is 38.6 Å². The van der Waals surface area contributed by atoms with Gasteiger partial charge in [-0.2, -0.15) is 0 Å². The second-order valence-corrected chi connectivity index (χ2v) is 6.21. The van der Waals surface area contributed by atoms with Crippen LogP contribution in [0.1, 0.15) is 43.0 Å². The van der Waals surface area contributed by atoms with Gasteiger partial charge in [0.05, 0.1) is 0 Å². The van der Waals surface area contributed by atoms with E-state index in [1.807, 2.05) is 18.2 Å². The van der Waals surface area contributed by atoms with Crippen LogP contribution >= 0.6 is 15.9 Å². The number of anilines is 1. The standard InChI is InChI=1S/C15H20BrNO/c1-11-4-3-5-13(8-11)17(2)14-7-6-12(10-18)15(16)9-14/h6-7,9-11,13H,3-5,8H2,1-2H3. The number of nitrogens with zero attached hydrogens (tertiary/aromatic N) is 1. The summed E-state index contributed by atoms with van der Waals surface area (Å²) in [6, 6.07) is 6.59. The topological polar surface area (TPSA) is 20.3 Å². The molecule has 0 N–H and O–H groups in total. The van der Waals surface area contributed by atoms with Crippen molar-refractivity contribution in [1.82, 2.24) is 0 Å². The van der Waals surface area contributed by atoms with E-state index in [1.54, 1.807) is 0 Å². The van der Waals surface area contributed by atoms with Gasteiger partial charge in [0.1, 0.15) is 0 Å². The number of hydrogen-bond donors (Lipinski definition) is 0. The zero-order valence-electron chi connectivity index (χ0n) is 11.0. The van der Waals surface area contributed by atoms with E-state index in [-0.39, 0.29) is 0 Å². The van der Waals surface area contributed by atoms with Crippen LogP contribution in [0.5, 0.6) is 0 Å². The normalized spacial score (nSPS) is 23.7. The molecule has 0 amide bonds. The molecule has 0 radical (unpaired) electrons. The SMILES string of the molecule is CC1CCCC(N(C)c2ccc(C=O)c(Br)c2)C1. The molecule has 0 bridgehead atoms. The van der Waals surface area contributed by atoms with Crippen LogP contribution in [-0.4, -0.2) is 19.4 Å². The van der Waals surface area contributed by atoms with E-state index in [1.165, 1.54) is 31.4 Å². The van der Waals surface area contributed by atoms with Gasteiger partial charge in [-0.3, -0.25) is 4.79 Å². The van der Waals surface area contributed by atoms with Crippen molar-refractivity contribution in [2.24, 2.45) is 5.92 Å². The lowest BCUT2D eigenvalue weighted by atomic mass is 9.86. The highest BCUT2D eigenvalue weighted by atomic mass is 79.9.